The van der Waals surface area contributed by atoms with Crippen LogP contribution in [0.5, 0.6) is 0 Å². The Hall–Kier alpha value is -0.0800. The van der Waals surface area contributed by atoms with E-state index in [1.54, 1.807) is 12.1 Å². The smallest absolute Gasteiger partial charge is 0.123 e. The Morgan fingerprint density at radius 1 is 1.38 bits per heavy atom. The molecule has 0 aliphatic carbocycles. The van der Waals surface area contributed by atoms with Crippen molar-refractivity contribution >= 4 is 27.5 Å². The molecule has 1 aromatic rings. The lowest BCUT2D eigenvalue weighted by Crippen LogP contribution is -2.24. The molecule has 0 saturated carbocycles. The van der Waals surface area contributed by atoms with Gasteiger partial charge in [0.2, 0.25) is 0 Å². The second-order valence-corrected chi connectivity index (χ2v) is 6.32. The maximum atomic E-state index is 13.1. The minimum Gasteiger partial charge on any atom is -0.207 e. The Labute approximate surface area is 110 Å². The molecule has 90 valence electrons. The Morgan fingerprint density at radius 3 is 2.50 bits per heavy atom. The molecule has 0 fully saturated rings. The average Bonchev–Trinajstić information content (AvgIpc) is 2.17. The summed E-state index contributed by atoms with van der Waals surface area (Å²) >= 11 is 9.43. The van der Waals surface area contributed by atoms with E-state index in [0.29, 0.717) is 11.8 Å². The topological polar surface area (TPSA) is 0 Å². The maximum absolute atomic E-state index is 13.1. The summed E-state index contributed by atoms with van der Waals surface area (Å²) in [7, 11) is 0. The van der Waals surface area contributed by atoms with E-state index in [1.165, 1.54) is 6.07 Å². The number of hydrogen-bond donors (Lipinski definition) is 0. The molecule has 0 N–H and O–H groups in total. The van der Waals surface area contributed by atoms with Crippen molar-refractivity contribution in [3.05, 3.63) is 34.1 Å². The molecule has 16 heavy (non-hydrogen) atoms. The Balaban J connectivity index is 2.90. The summed E-state index contributed by atoms with van der Waals surface area (Å²) in [5.74, 6) is 0.736. The van der Waals surface area contributed by atoms with Gasteiger partial charge in [-0.1, -0.05) is 36.7 Å². The van der Waals surface area contributed by atoms with Crippen LogP contribution in [-0.4, -0.2) is 5.88 Å². The van der Waals surface area contributed by atoms with E-state index in [2.05, 4.69) is 36.7 Å². The van der Waals surface area contributed by atoms with Gasteiger partial charge in [0.25, 0.3) is 0 Å². The fourth-order valence-corrected chi connectivity index (χ4v) is 2.54. The SMILES string of the molecule is CC(C)(C)C(CCl)Cc1cc(F)ccc1Br. The maximum Gasteiger partial charge on any atom is 0.123 e. The summed E-state index contributed by atoms with van der Waals surface area (Å²) in [5.41, 5.74) is 1.12. The van der Waals surface area contributed by atoms with Crippen molar-refractivity contribution in [3.8, 4) is 0 Å². The number of rotatable bonds is 3. The summed E-state index contributed by atoms with van der Waals surface area (Å²) in [5, 5.41) is 0. The monoisotopic (exact) mass is 306 g/mol. The molecule has 1 rings (SSSR count). The molecule has 0 radical (unpaired) electrons. The van der Waals surface area contributed by atoms with Gasteiger partial charge in [0, 0.05) is 10.4 Å². The number of hydrogen-bond acceptors (Lipinski definition) is 0. The minimum absolute atomic E-state index is 0.132. The molecule has 0 aromatic heterocycles. The highest BCUT2D eigenvalue weighted by Gasteiger charge is 2.24. The third-order valence-corrected chi connectivity index (χ3v) is 4.03. The molecule has 0 aliphatic heterocycles. The van der Waals surface area contributed by atoms with E-state index < -0.39 is 0 Å². The van der Waals surface area contributed by atoms with Crippen LogP contribution in [0.3, 0.4) is 0 Å². The number of halogens is 3. The predicted molar refractivity (Wildman–Crippen MR) is 71.5 cm³/mol. The van der Waals surface area contributed by atoms with Crippen LogP contribution in [0.4, 0.5) is 4.39 Å². The second-order valence-electron chi connectivity index (χ2n) is 5.16. The number of benzene rings is 1. The quantitative estimate of drug-likeness (QED) is 0.687. The lowest BCUT2D eigenvalue weighted by atomic mass is 9.78. The first-order chi connectivity index (χ1) is 7.34. The highest BCUT2D eigenvalue weighted by atomic mass is 79.9. The zero-order valence-corrected chi connectivity index (χ0v) is 12.2. The van der Waals surface area contributed by atoms with Gasteiger partial charge >= 0.3 is 0 Å². The molecule has 0 aliphatic rings. The lowest BCUT2D eigenvalue weighted by molar-refractivity contribution is 0.263. The third-order valence-electron chi connectivity index (χ3n) is 2.89. The van der Waals surface area contributed by atoms with Crippen molar-refractivity contribution in [2.75, 3.05) is 5.88 Å². The van der Waals surface area contributed by atoms with Crippen molar-refractivity contribution in [1.29, 1.82) is 0 Å². The molecule has 1 unspecified atom stereocenters. The van der Waals surface area contributed by atoms with Crippen molar-refractivity contribution in [3.63, 3.8) is 0 Å². The third kappa shape index (κ3) is 3.74. The van der Waals surface area contributed by atoms with E-state index in [1.807, 2.05) is 0 Å². The Kier molecular flexibility index (Phi) is 4.81. The molecule has 0 spiro atoms. The van der Waals surface area contributed by atoms with Gasteiger partial charge in [-0.15, -0.1) is 11.6 Å². The largest absolute Gasteiger partial charge is 0.207 e. The van der Waals surface area contributed by atoms with Crippen molar-refractivity contribution in [2.24, 2.45) is 11.3 Å². The summed E-state index contributed by atoms with van der Waals surface area (Å²) < 4.78 is 14.1. The highest BCUT2D eigenvalue weighted by molar-refractivity contribution is 9.10. The van der Waals surface area contributed by atoms with Gasteiger partial charge in [-0.3, -0.25) is 0 Å². The van der Waals surface area contributed by atoms with E-state index >= 15 is 0 Å². The van der Waals surface area contributed by atoms with Crippen LogP contribution in [0, 0.1) is 17.2 Å². The van der Waals surface area contributed by atoms with Gasteiger partial charge in [0.1, 0.15) is 5.82 Å². The van der Waals surface area contributed by atoms with Crippen molar-refractivity contribution in [1.82, 2.24) is 0 Å². The van der Waals surface area contributed by atoms with Gasteiger partial charge in [0.15, 0.2) is 0 Å². The fourth-order valence-electron chi connectivity index (χ4n) is 1.56. The van der Waals surface area contributed by atoms with Crippen LogP contribution in [0.1, 0.15) is 26.3 Å². The van der Waals surface area contributed by atoms with E-state index in [-0.39, 0.29) is 11.2 Å². The summed E-state index contributed by atoms with van der Waals surface area (Å²) in [6.45, 7) is 6.48. The first kappa shape index (κ1) is 14.0. The first-order valence-electron chi connectivity index (χ1n) is 5.34. The molecule has 3 heteroatoms. The van der Waals surface area contributed by atoms with Crippen LogP contribution in [0.15, 0.2) is 22.7 Å². The van der Waals surface area contributed by atoms with Crippen LogP contribution in [0.2, 0.25) is 0 Å². The van der Waals surface area contributed by atoms with Crippen LogP contribution < -0.4 is 0 Å². The zero-order valence-electron chi connectivity index (χ0n) is 9.86. The number of alkyl halides is 1. The molecule has 1 aromatic carbocycles. The van der Waals surface area contributed by atoms with Gasteiger partial charge in [-0.2, -0.15) is 0 Å². The molecule has 0 amide bonds. The van der Waals surface area contributed by atoms with Crippen LogP contribution in [-0.2, 0) is 6.42 Å². The first-order valence-corrected chi connectivity index (χ1v) is 6.67. The lowest BCUT2D eigenvalue weighted by Gasteiger charge is -2.29. The Bertz CT molecular complexity index is 357. The van der Waals surface area contributed by atoms with Gasteiger partial charge in [-0.05, 0) is 41.5 Å². The van der Waals surface area contributed by atoms with Gasteiger partial charge in [-0.25, -0.2) is 4.39 Å². The van der Waals surface area contributed by atoms with Crippen LogP contribution >= 0.6 is 27.5 Å². The van der Waals surface area contributed by atoms with E-state index in [0.717, 1.165) is 16.5 Å². The molecule has 0 saturated heterocycles. The van der Waals surface area contributed by atoms with Gasteiger partial charge < -0.3 is 0 Å². The van der Waals surface area contributed by atoms with E-state index in [4.69, 9.17) is 11.6 Å². The van der Waals surface area contributed by atoms with E-state index in [9.17, 15) is 4.39 Å². The van der Waals surface area contributed by atoms with Crippen molar-refractivity contribution in [2.45, 2.75) is 27.2 Å². The molecule has 1 atom stereocenters. The normalized spacial score (nSPS) is 13.9. The summed E-state index contributed by atoms with van der Waals surface area (Å²) in [6.07, 6.45) is 0.797. The zero-order chi connectivity index (χ0) is 12.3. The van der Waals surface area contributed by atoms with Crippen molar-refractivity contribution < 1.29 is 4.39 Å². The fraction of sp³-hybridized carbons (Fsp3) is 0.538. The minimum atomic E-state index is -0.194. The average molecular weight is 308 g/mol. The molecular formula is C13H17BrClF. The highest BCUT2D eigenvalue weighted by Crippen LogP contribution is 2.32. The Morgan fingerprint density at radius 2 is 2.00 bits per heavy atom. The summed E-state index contributed by atoms with van der Waals surface area (Å²) in [4.78, 5) is 0. The van der Waals surface area contributed by atoms with Crippen LogP contribution in [0.25, 0.3) is 0 Å². The standard InChI is InChI=1S/C13H17BrClF/c1-13(2,3)10(8-15)6-9-7-11(16)4-5-12(9)14/h4-5,7,10H,6,8H2,1-3H3. The molecular weight excluding hydrogens is 290 g/mol. The predicted octanol–water partition coefficient (Wildman–Crippen LogP) is 5.03. The van der Waals surface area contributed by atoms with Gasteiger partial charge in [0.05, 0.1) is 0 Å². The second kappa shape index (κ2) is 5.50. The molecule has 0 heterocycles. The summed E-state index contributed by atoms with van der Waals surface area (Å²) in [6, 6.07) is 4.79. The molecule has 0 nitrogen and oxygen atoms in total. The molecule has 0 bridgehead atoms.